The predicted molar refractivity (Wildman–Crippen MR) is 269 cm³/mol. The number of amides is 6. The quantitative estimate of drug-likeness (QED) is 0.123. The van der Waals surface area contributed by atoms with Crippen LogP contribution < -0.4 is 26.2 Å². The van der Waals surface area contributed by atoms with Crippen LogP contribution in [0.4, 0.5) is 26.7 Å². The topological polar surface area (TPSA) is 179 Å². The number of hydrogen-bond donors (Lipinski definition) is 4. The highest BCUT2D eigenvalue weighted by Gasteiger charge is 2.41. The molecule has 6 amide bonds. The van der Waals surface area contributed by atoms with Crippen LogP contribution in [0.25, 0.3) is 0 Å². The zero-order valence-corrected chi connectivity index (χ0v) is 42.5. The first-order valence-corrected chi connectivity index (χ1v) is 26.3. The second-order valence-corrected chi connectivity index (χ2v) is 24.6. The molecular weight excluding hydrogens is 883 g/mol. The molecule has 3 aromatic rings. The lowest BCUT2D eigenvalue weighted by atomic mass is 10.0. The summed E-state index contributed by atoms with van der Waals surface area (Å²) < 4.78 is 9.63. The molecule has 0 radical (unpaired) electrons. The van der Waals surface area contributed by atoms with E-state index in [2.05, 4.69) is 108 Å². The molecular formula is C52H73N7O8S. The number of benzene rings is 3. The number of alkyl carbamates (subject to hydrolysis) is 2. The maximum absolute atomic E-state index is 13.7. The van der Waals surface area contributed by atoms with Crippen LogP contribution in [0.2, 0.25) is 0 Å². The zero-order valence-electron chi connectivity index (χ0n) is 41.7. The molecule has 3 fully saturated rings. The van der Waals surface area contributed by atoms with Gasteiger partial charge in [-0.3, -0.25) is 19.2 Å². The van der Waals surface area contributed by atoms with E-state index < -0.39 is 46.4 Å². The molecule has 4 N–H and O–H groups in total. The van der Waals surface area contributed by atoms with Gasteiger partial charge in [0.25, 0.3) is 0 Å². The number of likely N-dealkylation sites (tertiary alicyclic amines) is 2. The summed E-state index contributed by atoms with van der Waals surface area (Å²) in [5.41, 5.74) is 4.55. The SMILES string of the molecule is COC(=O)N[C@H](C(=O)N1CCC[C@H]1C(=O)Nc1ccc([C@H]2CC[C@@H](c3ccc(NC(=O)[C@@H]4CCCN4C(=O)[C@@H](NC(=O)OC)C(C)C)cc3)N2c2ccc(S(C)(C)C(C)(C)C)cc2)cc1)C(C)C. The van der Waals surface area contributed by atoms with E-state index in [-0.39, 0.29) is 52.3 Å². The molecule has 16 heteroatoms. The summed E-state index contributed by atoms with van der Waals surface area (Å²) in [7, 11) is 1.40. The first-order valence-electron chi connectivity index (χ1n) is 23.9. The predicted octanol–water partition coefficient (Wildman–Crippen LogP) is 8.61. The second-order valence-electron chi connectivity index (χ2n) is 20.3. The van der Waals surface area contributed by atoms with Crippen molar-refractivity contribution < 1.29 is 38.2 Å². The monoisotopic (exact) mass is 956 g/mol. The van der Waals surface area contributed by atoms with Gasteiger partial charge in [-0.2, -0.15) is 0 Å². The highest BCUT2D eigenvalue weighted by Crippen LogP contribution is 2.60. The first kappa shape index (κ1) is 51.6. The molecule has 370 valence electrons. The number of rotatable bonds is 14. The van der Waals surface area contributed by atoms with Crippen molar-refractivity contribution in [1.82, 2.24) is 20.4 Å². The van der Waals surface area contributed by atoms with Crippen LogP contribution in [-0.4, -0.2) is 114 Å². The molecule has 68 heavy (non-hydrogen) atoms. The Kier molecular flexibility index (Phi) is 16.5. The Balaban J connectivity index is 1.20. The Morgan fingerprint density at radius 2 is 0.971 bits per heavy atom. The number of nitrogens with zero attached hydrogens (tertiary/aromatic N) is 3. The normalized spacial score (nSPS) is 20.8. The molecule has 0 unspecified atom stereocenters. The minimum absolute atomic E-state index is 0.0189. The third-order valence-corrected chi connectivity index (χ3v) is 18.7. The van der Waals surface area contributed by atoms with Gasteiger partial charge in [0, 0.05) is 30.2 Å². The van der Waals surface area contributed by atoms with Crippen molar-refractivity contribution in [2.24, 2.45) is 11.8 Å². The van der Waals surface area contributed by atoms with E-state index in [1.807, 2.05) is 52.0 Å². The van der Waals surface area contributed by atoms with Gasteiger partial charge >= 0.3 is 12.2 Å². The molecule has 3 aliphatic rings. The number of hydrogen-bond acceptors (Lipinski definition) is 9. The number of methoxy groups -OCH3 is 2. The van der Waals surface area contributed by atoms with Gasteiger partial charge in [0.1, 0.15) is 24.2 Å². The number of carbonyl (C=O) groups excluding carboxylic acids is 6. The summed E-state index contributed by atoms with van der Waals surface area (Å²) in [4.78, 5) is 85.8. The molecule has 3 saturated heterocycles. The smallest absolute Gasteiger partial charge is 0.407 e. The van der Waals surface area contributed by atoms with Crippen LogP contribution in [0.15, 0.2) is 77.7 Å². The molecule has 0 aromatic heterocycles. The van der Waals surface area contributed by atoms with E-state index >= 15 is 0 Å². The van der Waals surface area contributed by atoms with Crippen molar-refractivity contribution in [3.05, 3.63) is 83.9 Å². The Bertz CT molecular complexity index is 2150. The fourth-order valence-corrected chi connectivity index (χ4v) is 11.1. The maximum Gasteiger partial charge on any atom is 0.407 e. The average Bonchev–Trinajstić information content (AvgIpc) is 4.11. The Morgan fingerprint density at radius 3 is 1.31 bits per heavy atom. The molecule has 6 atom stereocenters. The van der Waals surface area contributed by atoms with Crippen molar-refractivity contribution in [3.8, 4) is 0 Å². The van der Waals surface area contributed by atoms with Gasteiger partial charge in [-0.15, -0.1) is 0 Å². The second kappa shape index (κ2) is 21.7. The minimum Gasteiger partial charge on any atom is -0.453 e. The van der Waals surface area contributed by atoms with E-state index in [9.17, 15) is 28.8 Å². The number of ether oxygens (including phenoxy) is 2. The van der Waals surface area contributed by atoms with Gasteiger partial charge in [-0.05, 0) is 132 Å². The van der Waals surface area contributed by atoms with E-state index in [1.165, 1.54) is 19.1 Å². The molecule has 0 spiro atoms. The zero-order chi connectivity index (χ0) is 49.7. The summed E-state index contributed by atoms with van der Waals surface area (Å²) in [6.45, 7) is 15.1. The summed E-state index contributed by atoms with van der Waals surface area (Å²) >= 11 is 0. The van der Waals surface area contributed by atoms with E-state index in [4.69, 9.17) is 9.47 Å². The number of anilines is 3. The average molecular weight is 956 g/mol. The fourth-order valence-electron chi connectivity index (χ4n) is 9.53. The van der Waals surface area contributed by atoms with Gasteiger partial charge in [0.15, 0.2) is 0 Å². The standard InChI is InChI=1S/C52H73N7O8S/c1-32(2)44(55-50(64)66-8)48(62)57-30-12-14-42(57)46(60)53-36-20-16-34(17-21-36)40-28-29-41(59(40)38-24-26-39(27-25-38)68(10,11)52(5,6)7)35-18-22-37(23-19-35)54-47(61)43-15-13-31-58(43)49(63)45(33(3)4)56-51(65)67-9/h16-27,32-33,40-45H,12-15,28-31H2,1-11H3,(H,53,60)(H,54,61)(H,55,64)(H,56,65)/t40-,41+,42-,43-,44-,45-/m0/s1. The van der Waals surface area contributed by atoms with E-state index in [0.29, 0.717) is 50.1 Å². The molecule has 3 aliphatic heterocycles. The van der Waals surface area contributed by atoms with Crippen LogP contribution >= 0.6 is 10.0 Å². The van der Waals surface area contributed by atoms with Crippen LogP contribution in [0, 0.1) is 11.8 Å². The lowest BCUT2D eigenvalue weighted by Crippen LogP contribution is -2.54. The lowest BCUT2D eigenvalue weighted by Gasteiger charge is -2.45. The molecule has 3 heterocycles. The van der Waals surface area contributed by atoms with Crippen molar-refractivity contribution in [2.75, 3.05) is 55.4 Å². The molecule has 0 saturated carbocycles. The number of carbonyl (C=O) groups is 6. The van der Waals surface area contributed by atoms with Crippen LogP contribution in [-0.2, 0) is 28.7 Å². The van der Waals surface area contributed by atoms with Crippen LogP contribution in [0.3, 0.4) is 0 Å². The van der Waals surface area contributed by atoms with E-state index in [0.717, 1.165) is 29.7 Å². The van der Waals surface area contributed by atoms with Crippen LogP contribution in [0.1, 0.15) is 110 Å². The molecule has 0 bridgehead atoms. The summed E-state index contributed by atoms with van der Waals surface area (Å²) in [6, 6.07) is 22.0. The molecule has 3 aromatic carbocycles. The fraction of sp³-hybridized carbons (Fsp3) is 0.538. The summed E-state index contributed by atoms with van der Waals surface area (Å²) in [5, 5.41) is 11.4. The van der Waals surface area contributed by atoms with Crippen LogP contribution in [0.5, 0.6) is 0 Å². The first-order chi connectivity index (χ1) is 32.2. The minimum atomic E-state index is -1.11. The highest BCUT2D eigenvalue weighted by atomic mass is 32.3. The van der Waals surface area contributed by atoms with Crippen molar-refractivity contribution in [2.45, 2.75) is 133 Å². The third kappa shape index (κ3) is 11.4. The Morgan fingerprint density at radius 1 is 0.588 bits per heavy atom. The van der Waals surface area contributed by atoms with Crippen molar-refractivity contribution in [1.29, 1.82) is 0 Å². The van der Waals surface area contributed by atoms with Gasteiger partial charge in [0.2, 0.25) is 23.6 Å². The molecule has 0 aliphatic carbocycles. The largest absolute Gasteiger partial charge is 0.453 e. The van der Waals surface area contributed by atoms with Crippen molar-refractivity contribution in [3.63, 3.8) is 0 Å². The highest BCUT2D eigenvalue weighted by molar-refractivity contribution is 8.33. The van der Waals surface area contributed by atoms with Gasteiger partial charge < -0.3 is 45.4 Å². The number of nitrogens with one attached hydrogen (secondary N) is 4. The third-order valence-electron chi connectivity index (χ3n) is 14.2. The molecule has 15 nitrogen and oxygen atoms in total. The van der Waals surface area contributed by atoms with Gasteiger partial charge in [-0.25, -0.2) is 19.6 Å². The maximum atomic E-state index is 13.7. The van der Waals surface area contributed by atoms with Gasteiger partial charge in [0.05, 0.1) is 26.3 Å². The van der Waals surface area contributed by atoms with Crippen molar-refractivity contribution >= 4 is 62.9 Å². The lowest BCUT2D eigenvalue weighted by molar-refractivity contribution is -0.139. The summed E-state index contributed by atoms with van der Waals surface area (Å²) in [5.74, 6) is -1.55. The summed E-state index contributed by atoms with van der Waals surface area (Å²) in [6.07, 6.45) is 7.49. The molecule has 6 rings (SSSR count). The van der Waals surface area contributed by atoms with Gasteiger partial charge in [-0.1, -0.05) is 72.7 Å². The Labute approximate surface area is 404 Å². The van der Waals surface area contributed by atoms with E-state index in [1.54, 1.807) is 9.80 Å². The Hall–Kier alpha value is -5.77.